The molecule has 1 N–H and O–H groups in total. The zero-order chi connectivity index (χ0) is 29.7. The summed E-state index contributed by atoms with van der Waals surface area (Å²) < 4.78 is 13.1. The predicted molar refractivity (Wildman–Crippen MR) is 162 cm³/mol. The summed E-state index contributed by atoms with van der Waals surface area (Å²) in [7, 11) is 0. The van der Waals surface area contributed by atoms with Crippen LogP contribution >= 0.6 is 11.3 Å². The van der Waals surface area contributed by atoms with Gasteiger partial charge in [-0.3, -0.25) is 9.88 Å². The van der Waals surface area contributed by atoms with E-state index in [2.05, 4.69) is 31.6 Å². The summed E-state index contributed by atoms with van der Waals surface area (Å²) in [5, 5.41) is 28.2. The Morgan fingerprint density at radius 1 is 1.14 bits per heavy atom. The van der Waals surface area contributed by atoms with Crippen LogP contribution in [0.2, 0.25) is 0 Å². The molecule has 3 saturated heterocycles. The third kappa shape index (κ3) is 5.36. The predicted octanol–water partition coefficient (Wildman–Crippen LogP) is 4.58. The molecule has 4 aromatic heterocycles. The summed E-state index contributed by atoms with van der Waals surface area (Å²) in [6, 6.07) is 10.2. The number of carbonyl (C=O) groups excluding carboxylic acids is 1. The fraction of sp³-hybridized carbons (Fsp3) is 0.467. The molecule has 3 fully saturated rings. The van der Waals surface area contributed by atoms with E-state index in [0.29, 0.717) is 25.3 Å². The monoisotopic (exact) mass is 599 g/mol. The van der Waals surface area contributed by atoms with Crippen molar-refractivity contribution in [2.24, 2.45) is 0 Å². The van der Waals surface area contributed by atoms with Gasteiger partial charge in [0.25, 0.3) is 0 Å². The first-order valence-corrected chi connectivity index (χ1v) is 15.4. The van der Waals surface area contributed by atoms with Crippen molar-refractivity contribution >= 4 is 33.8 Å². The van der Waals surface area contributed by atoms with Gasteiger partial charge in [0.05, 0.1) is 59.0 Å². The number of nitriles is 1. The van der Waals surface area contributed by atoms with Crippen LogP contribution in [-0.4, -0.2) is 85.8 Å². The molecular weight excluding hydrogens is 566 g/mol. The summed E-state index contributed by atoms with van der Waals surface area (Å²) in [5.41, 5.74) is 4.17. The van der Waals surface area contributed by atoms with Crippen LogP contribution < -0.4 is 10.2 Å². The Labute approximate surface area is 253 Å². The molecule has 7 rings (SSSR count). The molecule has 0 radical (unpaired) electrons. The van der Waals surface area contributed by atoms with Crippen molar-refractivity contribution in [1.29, 1.82) is 5.26 Å². The van der Waals surface area contributed by atoms with Crippen molar-refractivity contribution in [3.63, 3.8) is 0 Å². The smallest absolute Gasteiger partial charge is 0.410 e. The Bertz CT molecular complexity index is 1700. The number of fused-ring (bicyclic) bond motifs is 3. The number of ether oxygens (including phenoxy) is 2. The lowest BCUT2D eigenvalue weighted by atomic mass is 10.1. The highest BCUT2D eigenvalue weighted by atomic mass is 32.1. The van der Waals surface area contributed by atoms with Crippen LogP contribution in [0.25, 0.3) is 27.5 Å². The Morgan fingerprint density at radius 2 is 1.95 bits per heavy atom. The molecule has 4 aromatic rings. The van der Waals surface area contributed by atoms with Crippen molar-refractivity contribution in [3.05, 3.63) is 42.2 Å². The first-order chi connectivity index (χ1) is 20.8. The number of nitrogens with one attached hydrogen (secondary N) is 1. The summed E-state index contributed by atoms with van der Waals surface area (Å²) in [6.45, 7) is 8.47. The van der Waals surface area contributed by atoms with E-state index in [-0.39, 0.29) is 24.2 Å². The highest BCUT2D eigenvalue weighted by Crippen LogP contribution is 2.39. The van der Waals surface area contributed by atoms with E-state index in [0.717, 1.165) is 64.2 Å². The molecular formula is C30H33N9O3S. The maximum absolute atomic E-state index is 12.9. The van der Waals surface area contributed by atoms with Crippen LogP contribution in [0, 0.1) is 11.3 Å². The Balaban J connectivity index is 1.16. The van der Waals surface area contributed by atoms with E-state index >= 15 is 0 Å². The van der Waals surface area contributed by atoms with Crippen molar-refractivity contribution in [2.45, 2.75) is 63.8 Å². The molecule has 2 unspecified atom stereocenters. The highest BCUT2D eigenvalue weighted by Gasteiger charge is 2.45. The molecule has 3 aliphatic rings. The van der Waals surface area contributed by atoms with E-state index in [1.54, 1.807) is 10.7 Å². The van der Waals surface area contributed by atoms with Gasteiger partial charge in [0.2, 0.25) is 5.13 Å². The number of hydrogen-bond donors (Lipinski definition) is 1. The molecule has 12 nitrogen and oxygen atoms in total. The number of carbonyl (C=O) groups is 1. The van der Waals surface area contributed by atoms with Crippen LogP contribution in [0.3, 0.4) is 0 Å². The molecule has 2 bridgehead atoms. The van der Waals surface area contributed by atoms with Gasteiger partial charge in [-0.1, -0.05) is 11.3 Å². The minimum Gasteiger partial charge on any atom is -0.444 e. The van der Waals surface area contributed by atoms with Crippen LogP contribution in [-0.2, 0) is 9.47 Å². The van der Waals surface area contributed by atoms with Gasteiger partial charge in [-0.05, 0) is 64.3 Å². The van der Waals surface area contributed by atoms with Gasteiger partial charge >= 0.3 is 6.09 Å². The molecule has 222 valence electrons. The SMILES string of the molecule is CC(C)(C)OC(=O)N1C2CCC1CN(c1nnc(-c3cnc(-c4ccc5cc(C#N)cnn45)cc3N[C@@H]3CCOC3)s1)C2. The number of piperazine rings is 1. The number of hydrogen-bond acceptors (Lipinski definition) is 11. The molecule has 43 heavy (non-hydrogen) atoms. The van der Waals surface area contributed by atoms with E-state index in [4.69, 9.17) is 14.5 Å². The lowest BCUT2D eigenvalue weighted by Crippen LogP contribution is -2.56. The fourth-order valence-corrected chi connectivity index (χ4v) is 7.02. The van der Waals surface area contributed by atoms with E-state index in [1.165, 1.54) is 11.3 Å². The molecule has 7 heterocycles. The van der Waals surface area contributed by atoms with Gasteiger partial charge in [0, 0.05) is 31.6 Å². The number of pyridine rings is 1. The molecule has 13 heteroatoms. The Morgan fingerprint density at radius 3 is 2.67 bits per heavy atom. The number of nitrogens with zero attached hydrogens (tertiary/aromatic N) is 8. The van der Waals surface area contributed by atoms with Gasteiger partial charge in [0.1, 0.15) is 11.7 Å². The van der Waals surface area contributed by atoms with Crippen molar-refractivity contribution < 1.29 is 14.3 Å². The first-order valence-electron chi connectivity index (χ1n) is 14.6. The number of anilines is 2. The van der Waals surface area contributed by atoms with Crippen LogP contribution in [0.15, 0.2) is 36.7 Å². The van der Waals surface area contributed by atoms with Crippen molar-refractivity contribution in [2.75, 3.05) is 36.5 Å². The quantitative estimate of drug-likeness (QED) is 0.348. The maximum atomic E-state index is 12.9. The summed E-state index contributed by atoms with van der Waals surface area (Å²) in [5.74, 6) is 0. The third-order valence-electron chi connectivity index (χ3n) is 8.09. The third-order valence-corrected chi connectivity index (χ3v) is 9.10. The second kappa shape index (κ2) is 10.8. The molecule has 3 aliphatic heterocycles. The Hall–Kier alpha value is -4.28. The molecule has 1 amide bonds. The van der Waals surface area contributed by atoms with Gasteiger partial charge in [-0.25, -0.2) is 9.31 Å². The van der Waals surface area contributed by atoms with Gasteiger partial charge in [-0.2, -0.15) is 10.4 Å². The van der Waals surface area contributed by atoms with E-state index in [1.807, 2.05) is 56.1 Å². The largest absolute Gasteiger partial charge is 0.444 e. The van der Waals surface area contributed by atoms with E-state index in [9.17, 15) is 10.1 Å². The molecule has 3 atom stereocenters. The van der Waals surface area contributed by atoms with Crippen LogP contribution in [0.1, 0.15) is 45.6 Å². The standard InChI is InChI=1S/C30H33N9O3S/c1-30(2,3)42-29(40)38-21-4-5-22(38)16-37(15-21)28-36-35-27(43-28)23-14-32-25(11-24(23)34-19-8-9-41-17-19)26-7-6-20-10-18(12-31)13-33-39(20)26/h6-7,10-11,13-14,19,21-22H,4-5,8-9,15-17H2,1-3H3,(H,32,34)/t19-,21?,22?/m1/s1. The summed E-state index contributed by atoms with van der Waals surface area (Å²) in [6.07, 6.45) is 5.99. The second-order valence-electron chi connectivity index (χ2n) is 12.3. The highest BCUT2D eigenvalue weighted by molar-refractivity contribution is 7.18. The lowest BCUT2D eigenvalue weighted by Gasteiger charge is -2.41. The topological polar surface area (TPSA) is 134 Å². The van der Waals surface area contributed by atoms with Crippen LogP contribution in [0.4, 0.5) is 15.6 Å². The molecule has 0 aromatic carbocycles. The van der Waals surface area contributed by atoms with Gasteiger partial charge < -0.3 is 19.7 Å². The summed E-state index contributed by atoms with van der Waals surface area (Å²) in [4.78, 5) is 21.9. The average Bonchev–Trinajstić information content (AvgIpc) is 3.78. The van der Waals surface area contributed by atoms with E-state index < -0.39 is 5.60 Å². The van der Waals surface area contributed by atoms with Crippen LogP contribution in [0.5, 0.6) is 0 Å². The lowest BCUT2D eigenvalue weighted by molar-refractivity contribution is 0.0123. The van der Waals surface area contributed by atoms with Gasteiger partial charge in [0.15, 0.2) is 5.01 Å². The first kappa shape index (κ1) is 27.5. The molecule has 0 aliphatic carbocycles. The minimum absolute atomic E-state index is 0.0937. The van der Waals surface area contributed by atoms with Crippen molar-refractivity contribution in [1.82, 2.24) is 29.7 Å². The van der Waals surface area contributed by atoms with Gasteiger partial charge in [-0.15, -0.1) is 10.2 Å². The zero-order valence-electron chi connectivity index (χ0n) is 24.4. The number of rotatable bonds is 5. The zero-order valence-corrected chi connectivity index (χ0v) is 25.2. The number of amides is 1. The van der Waals surface area contributed by atoms with Crippen molar-refractivity contribution in [3.8, 4) is 28.0 Å². The number of aromatic nitrogens is 5. The minimum atomic E-state index is -0.520. The molecule has 0 saturated carbocycles. The average molecular weight is 600 g/mol. The molecule has 0 spiro atoms. The fourth-order valence-electron chi connectivity index (χ4n) is 6.13. The summed E-state index contributed by atoms with van der Waals surface area (Å²) >= 11 is 1.54. The normalized spacial score (nSPS) is 21.8. The maximum Gasteiger partial charge on any atom is 0.410 e. The Kier molecular flexibility index (Phi) is 6.90. The second-order valence-corrected chi connectivity index (χ2v) is 13.3.